The molecule has 1 unspecified atom stereocenters. The summed E-state index contributed by atoms with van der Waals surface area (Å²) in [5.74, 6) is 0.300. The van der Waals surface area contributed by atoms with Gasteiger partial charge in [0.15, 0.2) is 0 Å². The molecule has 0 radical (unpaired) electrons. The van der Waals surface area contributed by atoms with Gasteiger partial charge in [0.25, 0.3) is 10.0 Å². The highest BCUT2D eigenvalue weighted by Crippen LogP contribution is 2.27. The number of benzene rings is 1. The maximum absolute atomic E-state index is 12.4. The molecule has 0 bridgehead atoms. The van der Waals surface area contributed by atoms with Crippen LogP contribution in [0.2, 0.25) is 5.02 Å². The van der Waals surface area contributed by atoms with E-state index in [4.69, 9.17) is 11.6 Å². The monoisotopic (exact) mass is 379 g/mol. The molecule has 0 spiro atoms. The molecular weight excluding hydrogens is 358 g/mol. The Morgan fingerprint density at radius 3 is 2.80 bits per heavy atom. The molecule has 1 fully saturated rings. The van der Waals surface area contributed by atoms with E-state index in [1.54, 1.807) is 24.4 Å². The van der Waals surface area contributed by atoms with E-state index >= 15 is 0 Å². The fourth-order valence-corrected chi connectivity index (χ4v) is 4.52. The van der Waals surface area contributed by atoms with Crippen LogP contribution >= 0.6 is 11.6 Å². The molecule has 1 saturated heterocycles. The van der Waals surface area contributed by atoms with E-state index in [2.05, 4.69) is 21.5 Å². The quantitative estimate of drug-likeness (QED) is 0.841. The van der Waals surface area contributed by atoms with Crippen LogP contribution in [-0.4, -0.2) is 26.0 Å². The number of piperidine rings is 1. The molecule has 0 aliphatic carbocycles. The van der Waals surface area contributed by atoms with Crippen LogP contribution < -0.4 is 9.62 Å². The molecule has 1 aromatic carbocycles. The highest BCUT2D eigenvalue weighted by atomic mass is 35.5. The summed E-state index contributed by atoms with van der Waals surface area (Å²) in [6, 6.07) is 10.3. The highest BCUT2D eigenvalue weighted by molar-refractivity contribution is 7.92. The highest BCUT2D eigenvalue weighted by Gasteiger charge is 2.21. The Balaban J connectivity index is 1.76. The predicted octanol–water partition coefficient (Wildman–Crippen LogP) is 4.30. The number of nitrogens with zero attached hydrogens (tertiary/aromatic N) is 2. The number of halogens is 1. The van der Waals surface area contributed by atoms with E-state index in [1.165, 1.54) is 31.4 Å². The van der Waals surface area contributed by atoms with Crippen molar-refractivity contribution in [2.75, 3.05) is 16.2 Å². The first-order chi connectivity index (χ1) is 12.0. The van der Waals surface area contributed by atoms with Crippen LogP contribution in [0.4, 0.5) is 11.5 Å². The number of rotatable bonds is 5. The van der Waals surface area contributed by atoms with Gasteiger partial charge in [-0.1, -0.05) is 24.6 Å². The van der Waals surface area contributed by atoms with Gasteiger partial charge in [0.2, 0.25) is 0 Å². The third-order valence-electron chi connectivity index (χ3n) is 4.52. The molecule has 2 heterocycles. The second kappa shape index (κ2) is 7.62. The van der Waals surface area contributed by atoms with Crippen molar-refractivity contribution in [1.82, 2.24) is 4.98 Å². The van der Waals surface area contributed by atoms with Gasteiger partial charge >= 0.3 is 0 Å². The maximum atomic E-state index is 12.4. The third kappa shape index (κ3) is 4.25. The lowest BCUT2D eigenvalue weighted by atomic mass is 9.99. The molecule has 1 aliphatic rings. The summed E-state index contributed by atoms with van der Waals surface area (Å²) in [7, 11) is -3.70. The first-order valence-electron chi connectivity index (χ1n) is 8.50. The molecule has 5 nitrogen and oxygen atoms in total. The lowest BCUT2D eigenvalue weighted by molar-refractivity contribution is 0.449. The first-order valence-corrected chi connectivity index (χ1v) is 10.4. The summed E-state index contributed by atoms with van der Waals surface area (Å²) in [6.45, 7) is 3.22. The van der Waals surface area contributed by atoms with E-state index in [1.807, 2.05) is 6.07 Å². The van der Waals surface area contributed by atoms with Crippen molar-refractivity contribution in [3.8, 4) is 0 Å². The molecule has 3 rings (SSSR count). The van der Waals surface area contributed by atoms with Crippen LogP contribution in [0.3, 0.4) is 0 Å². The number of nitrogens with one attached hydrogen (secondary N) is 1. The smallest absolute Gasteiger partial charge is 0.263 e. The number of sulfonamides is 1. The van der Waals surface area contributed by atoms with Crippen molar-refractivity contribution in [2.24, 2.45) is 0 Å². The molecule has 1 aromatic heterocycles. The van der Waals surface area contributed by atoms with E-state index in [0.717, 1.165) is 18.7 Å². The molecule has 2 aromatic rings. The molecule has 7 heteroatoms. The predicted molar refractivity (Wildman–Crippen MR) is 102 cm³/mol. The lowest BCUT2D eigenvalue weighted by Gasteiger charge is -2.37. The molecule has 1 N–H and O–H groups in total. The number of pyridine rings is 1. The summed E-state index contributed by atoms with van der Waals surface area (Å²) in [6.07, 6.45) is 6.48. The number of hydrogen-bond acceptors (Lipinski definition) is 4. The van der Waals surface area contributed by atoms with Crippen LogP contribution in [0.15, 0.2) is 47.5 Å². The Labute approximate surface area is 154 Å². The minimum atomic E-state index is -3.70. The zero-order chi connectivity index (χ0) is 17.9. The van der Waals surface area contributed by atoms with Crippen molar-refractivity contribution >= 4 is 33.1 Å². The van der Waals surface area contributed by atoms with Crippen molar-refractivity contribution in [1.29, 1.82) is 0 Å². The Hall–Kier alpha value is -1.79. The van der Waals surface area contributed by atoms with Crippen LogP contribution in [0.1, 0.15) is 32.6 Å². The second-order valence-electron chi connectivity index (χ2n) is 6.22. The number of anilines is 2. The van der Waals surface area contributed by atoms with Crippen LogP contribution in [0, 0.1) is 0 Å². The zero-order valence-electron chi connectivity index (χ0n) is 14.2. The molecule has 0 saturated carbocycles. The Morgan fingerprint density at radius 2 is 2.12 bits per heavy atom. The van der Waals surface area contributed by atoms with E-state index < -0.39 is 10.0 Å². The molecule has 25 heavy (non-hydrogen) atoms. The third-order valence-corrected chi connectivity index (χ3v) is 6.11. The van der Waals surface area contributed by atoms with Gasteiger partial charge in [-0.15, -0.1) is 0 Å². The van der Waals surface area contributed by atoms with Crippen molar-refractivity contribution < 1.29 is 8.42 Å². The largest absolute Gasteiger partial charge is 0.367 e. The first kappa shape index (κ1) is 18.0. The standard InChI is InChI=1S/C18H22ClN3O2S/c1-2-15-7-3-4-11-22(15)16-9-10-18(20-13-16)21-25(23,24)17-8-5-6-14(19)12-17/h5-6,8-10,12-13,15H,2-4,7,11H2,1H3,(H,20,21). The molecular formula is C18H22ClN3O2S. The molecule has 0 amide bonds. The van der Waals surface area contributed by atoms with Crippen LogP contribution in [0.5, 0.6) is 0 Å². The van der Waals surface area contributed by atoms with Gasteiger partial charge in [0.05, 0.1) is 16.8 Å². The average molecular weight is 380 g/mol. The topological polar surface area (TPSA) is 62.3 Å². The average Bonchev–Trinajstić information content (AvgIpc) is 2.62. The van der Waals surface area contributed by atoms with Crippen molar-refractivity contribution in [3.63, 3.8) is 0 Å². The van der Waals surface area contributed by atoms with Crippen LogP contribution in [-0.2, 0) is 10.0 Å². The number of hydrogen-bond donors (Lipinski definition) is 1. The van der Waals surface area contributed by atoms with Gasteiger partial charge in [-0.25, -0.2) is 13.4 Å². The molecule has 1 atom stereocenters. The van der Waals surface area contributed by atoms with E-state index in [-0.39, 0.29) is 4.90 Å². The zero-order valence-corrected chi connectivity index (χ0v) is 15.7. The minimum absolute atomic E-state index is 0.118. The van der Waals surface area contributed by atoms with E-state index in [9.17, 15) is 8.42 Å². The molecule has 134 valence electrons. The maximum Gasteiger partial charge on any atom is 0.263 e. The van der Waals surface area contributed by atoms with Gasteiger partial charge in [0.1, 0.15) is 5.82 Å². The van der Waals surface area contributed by atoms with Crippen molar-refractivity contribution in [3.05, 3.63) is 47.6 Å². The number of aromatic nitrogens is 1. The molecule has 1 aliphatic heterocycles. The van der Waals surface area contributed by atoms with Crippen molar-refractivity contribution in [2.45, 2.75) is 43.5 Å². The van der Waals surface area contributed by atoms with Gasteiger partial charge in [0, 0.05) is 17.6 Å². The summed E-state index contributed by atoms with van der Waals surface area (Å²) in [5, 5.41) is 0.377. The van der Waals surface area contributed by atoms with Gasteiger partial charge in [-0.05, 0) is 56.0 Å². The Morgan fingerprint density at radius 1 is 1.28 bits per heavy atom. The SMILES string of the molecule is CCC1CCCCN1c1ccc(NS(=O)(=O)c2cccc(Cl)c2)nc1. The van der Waals surface area contributed by atoms with E-state index in [0.29, 0.717) is 16.9 Å². The minimum Gasteiger partial charge on any atom is -0.367 e. The second-order valence-corrected chi connectivity index (χ2v) is 8.33. The normalized spacial score (nSPS) is 18.2. The fourth-order valence-electron chi connectivity index (χ4n) is 3.21. The van der Waals surface area contributed by atoms with Crippen LogP contribution in [0.25, 0.3) is 0 Å². The fraction of sp³-hybridized carbons (Fsp3) is 0.389. The van der Waals surface area contributed by atoms with Gasteiger partial charge in [-0.3, -0.25) is 4.72 Å². The van der Waals surface area contributed by atoms with Gasteiger partial charge in [-0.2, -0.15) is 0 Å². The lowest BCUT2D eigenvalue weighted by Crippen LogP contribution is -2.39. The summed E-state index contributed by atoms with van der Waals surface area (Å²) < 4.78 is 27.3. The Bertz CT molecular complexity index is 824. The summed E-state index contributed by atoms with van der Waals surface area (Å²) in [4.78, 5) is 6.78. The Kier molecular flexibility index (Phi) is 5.49. The summed E-state index contributed by atoms with van der Waals surface area (Å²) >= 11 is 5.87. The van der Waals surface area contributed by atoms with Gasteiger partial charge < -0.3 is 4.90 Å². The summed E-state index contributed by atoms with van der Waals surface area (Å²) in [5.41, 5.74) is 1.04.